The lowest BCUT2D eigenvalue weighted by molar-refractivity contribution is -0.133. The highest BCUT2D eigenvalue weighted by atomic mass is 16.5. The molecule has 7 heteroatoms. The van der Waals surface area contributed by atoms with Gasteiger partial charge in [-0.15, -0.1) is 5.10 Å². The molecule has 0 aromatic carbocycles. The van der Waals surface area contributed by atoms with E-state index in [1.807, 2.05) is 24.4 Å². The summed E-state index contributed by atoms with van der Waals surface area (Å²) in [7, 11) is 0. The second kappa shape index (κ2) is 6.42. The molecule has 1 N–H and O–H groups in total. The van der Waals surface area contributed by atoms with E-state index in [1.54, 1.807) is 6.20 Å². The molecule has 2 unspecified atom stereocenters. The van der Waals surface area contributed by atoms with Crippen molar-refractivity contribution < 1.29 is 4.74 Å². The Kier molecular flexibility index (Phi) is 3.89. The first-order valence-corrected chi connectivity index (χ1v) is 9.41. The Hall–Kier alpha value is -2.80. The normalized spacial score (nSPS) is 21.4. The van der Waals surface area contributed by atoms with Gasteiger partial charge in [-0.05, 0) is 35.7 Å². The predicted octanol–water partition coefficient (Wildman–Crippen LogP) is 3.26. The molecule has 3 aromatic heterocycles. The van der Waals surface area contributed by atoms with Crippen molar-refractivity contribution in [3.05, 3.63) is 42.2 Å². The Bertz CT molecular complexity index is 975. The van der Waals surface area contributed by atoms with Crippen molar-refractivity contribution >= 4 is 28.4 Å². The van der Waals surface area contributed by atoms with Gasteiger partial charge in [0.05, 0.1) is 41.3 Å². The van der Waals surface area contributed by atoms with E-state index in [1.165, 1.54) is 6.42 Å². The first-order chi connectivity index (χ1) is 13.1. The average Bonchev–Trinajstić information content (AvgIpc) is 2.67. The number of ether oxygens (including phenoxy) is 1. The van der Waals surface area contributed by atoms with Crippen LogP contribution in [0.1, 0.15) is 31.7 Å². The van der Waals surface area contributed by atoms with E-state index in [9.17, 15) is 0 Å². The van der Waals surface area contributed by atoms with Crippen molar-refractivity contribution in [2.75, 3.05) is 23.3 Å². The van der Waals surface area contributed by atoms with Crippen molar-refractivity contribution in [1.29, 1.82) is 0 Å². The third kappa shape index (κ3) is 3.19. The Morgan fingerprint density at radius 1 is 1.07 bits per heavy atom. The first kappa shape index (κ1) is 16.4. The molecule has 0 spiro atoms. The lowest BCUT2D eigenvalue weighted by Crippen LogP contribution is -2.57. The van der Waals surface area contributed by atoms with E-state index in [4.69, 9.17) is 9.72 Å². The summed E-state index contributed by atoms with van der Waals surface area (Å²) in [4.78, 5) is 11.7. The molecule has 0 saturated carbocycles. The molecule has 3 saturated heterocycles. The van der Waals surface area contributed by atoms with Crippen LogP contribution in [0.4, 0.5) is 17.3 Å². The smallest absolute Gasteiger partial charge is 0.154 e. The van der Waals surface area contributed by atoms with E-state index in [0.717, 1.165) is 41.2 Å². The van der Waals surface area contributed by atoms with Crippen LogP contribution in [0.5, 0.6) is 0 Å². The van der Waals surface area contributed by atoms with Gasteiger partial charge in [-0.2, -0.15) is 5.10 Å². The topological polar surface area (TPSA) is 76.1 Å². The van der Waals surface area contributed by atoms with Crippen molar-refractivity contribution in [2.45, 2.75) is 38.4 Å². The van der Waals surface area contributed by atoms with Gasteiger partial charge < -0.3 is 15.0 Å². The van der Waals surface area contributed by atoms with Gasteiger partial charge in [-0.25, -0.2) is 4.98 Å². The Morgan fingerprint density at radius 2 is 1.89 bits per heavy atom. The summed E-state index contributed by atoms with van der Waals surface area (Å²) in [6, 6.07) is 8.01. The van der Waals surface area contributed by atoms with Gasteiger partial charge >= 0.3 is 0 Å². The van der Waals surface area contributed by atoms with Gasteiger partial charge in [0.1, 0.15) is 5.82 Å². The molecule has 2 atom stereocenters. The fraction of sp³-hybridized carbons (Fsp3) is 0.400. The van der Waals surface area contributed by atoms with Gasteiger partial charge in [0.25, 0.3) is 0 Å². The lowest BCUT2D eigenvalue weighted by Gasteiger charge is -2.47. The van der Waals surface area contributed by atoms with E-state index in [0.29, 0.717) is 23.9 Å². The SMILES string of the molecule is CC(C)c1cnnc(Nc2ccc3ncc(N4CC5CC(C4)O5)cc3n2)c1. The van der Waals surface area contributed by atoms with Crippen LogP contribution in [0.2, 0.25) is 0 Å². The molecular formula is C20H22N6O. The van der Waals surface area contributed by atoms with E-state index in [2.05, 4.69) is 45.3 Å². The highest BCUT2D eigenvalue weighted by Crippen LogP contribution is 2.32. The molecule has 7 nitrogen and oxygen atoms in total. The minimum absolute atomic E-state index is 0.368. The summed E-state index contributed by atoms with van der Waals surface area (Å²) >= 11 is 0. The number of rotatable bonds is 4. The summed E-state index contributed by atoms with van der Waals surface area (Å²) in [5, 5.41) is 11.5. The molecule has 2 bridgehead atoms. The number of hydrogen-bond donors (Lipinski definition) is 1. The summed E-state index contributed by atoms with van der Waals surface area (Å²) in [5.41, 5.74) is 3.99. The van der Waals surface area contributed by atoms with Crippen LogP contribution in [0, 0.1) is 0 Å². The molecule has 6 heterocycles. The molecule has 138 valence electrons. The predicted molar refractivity (Wildman–Crippen MR) is 104 cm³/mol. The van der Waals surface area contributed by atoms with Crippen LogP contribution in [0.25, 0.3) is 11.0 Å². The zero-order valence-electron chi connectivity index (χ0n) is 15.5. The monoisotopic (exact) mass is 362 g/mol. The van der Waals surface area contributed by atoms with Crippen LogP contribution in [-0.2, 0) is 4.74 Å². The Morgan fingerprint density at radius 3 is 2.67 bits per heavy atom. The van der Waals surface area contributed by atoms with E-state index in [-0.39, 0.29) is 0 Å². The van der Waals surface area contributed by atoms with Crippen LogP contribution < -0.4 is 10.2 Å². The molecule has 3 fully saturated rings. The molecule has 0 radical (unpaired) electrons. The maximum absolute atomic E-state index is 5.73. The molecule has 3 aromatic rings. The maximum atomic E-state index is 5.73. The molecular weight excluding hydrogens is 340 g/mol. The summed E-state index contributed by atoms with van der Waals surface area (Å²) < 4.78 is 5.73. The van der Waals surface area contributed by atoms with Crippen molar-refractivity contribution in [3.63, 3.8) is 0 Å². The number of nitrogens with zero attached hydrogens (tertiary/aromatic N) is 5. The Balaban J connectivity index is 1.41. The van der Waals surface area contributed by atoms with Crippen LogP contribution in [0.3, 0.4) is 0 Å². The highest BCUT2D eigenvalue weighted by Gasteiger charge is 2.38. The second-order valence-corrected chi connectivity index (χ2v) is 7.60. The molecule has 27 heavy (non-hydrogen) atoms. The number of fused-ring (bicyclic) bond motifs is 3. The fourth-order valence-electron chi connectivity index (χ4n) is 3.69. The first-order valence-electron chi connectivity index (χ1n) is 9.41. The Labute approximate surface area is 157 Å². The number of pyridine rings is 2. The number of nitrogens with one attached hydrogen (secondary N) is 1. The van der Waals surface area contributed by atoms with Gasteiger partial charge in [-0.1, -0.05) is 13.8 Å². The number of aromatic nitrogens is 4. The summed E-state index contributed by atoms with van der Waals surface area (Å²) in [6.07, 6.45) is 5.64. The standard InChI is InChI=1S/C20H22N6O/c1-12(2)13-5-20(25-22-8-13)24-19-4-3-17-18(23-19)6-14(9-21-17)26-10-15-7-16(11-26)27-15/h3-6,8-9,12,15-16H,7,10-11H2,1-2H3,(H,23,24,25). The van der Waals surface area contributed by atoms with E-state index >= 15 is 0 Å². The minimum atomic E-state index is 0.368. The zero-order chi connectivity index (χ0) is 18.4. The van der Waals surface area contributed by atoms with Crippen molar-refractivity contribution in [1.82, 2.24) is 20.2 Å². The van der Waals surface area contributed by atoms with Crippen LogP contribution in [-0.4, -0.2) is 45.5 Å². The molecule has 3 aliphatic rings. The largest absolute Gasteiger partial charge is 0.371 e. The molecule has 6 rings (SSSR count). The molecule has 0 amide bonds. The van der Waals surface area contributed by atoms with Gasteiger partial charge in [-0.3, -0.25) is 4.98 Å². The lowest BCUT2D eigenvalue weighted by atomic mass is 9.98. The van der Waals surface area contributed by atoms with Gasteiger partial charge in [0, 0.05) is 19.5 Å². The maximum Gasteiger partial charge on any atom is 0.154 e. The number of morpholine rings is 1. The minimum Gasteiger partial charge on any atom is -0.371 e. The third-order valence-electron chi connectivity index (χ3n) is 5.25. The zero-order valence-corrected chi connectivity index (χ0v) is 15.5. The summed E-state index contributed by atoms with van der Waals surface area (Å²) in [5.74, 6) is 1.84. The number of anilines is 3. The molecule has 3 aliphatic heterocycles. The average molecular weight is 362 g/mol. The van der Waals surface area contributed by atoms with Crippen molar-refractivity contribution in [2.24, 2.45) is 0 Å². The van der Waals surface area contributed by atoms with Crippen molar-refractivity contribution in [3.8, 4) is 0 Å². The molecule has 0 aliphatic carbocycles. The van der Waals surface area contributed by atoms with Crippen LogP contribution >= 0.6 is 0 Å². The third-order valence-corrected chi connectivity index (χ3v) is 5.25. The van der Waals surface area contributed by atoms with Gasteiger partial charge in [0.2, 0.25) is 0 Å². The summed E-state index contributed by atoms with van der Waals surface area (Å²) in [6.45, 7) is 6.13. The highest BCUT2D eigenvalue weighted by molar-refractivity contribution is 5.80. The number of piperidine rings is 1. The van der Waals surface area contributed by atoms with Gasteiger partial charge in [0.15, 0.2) is 5.82 Å². The van der Waals surface area contributed by atoms with E-state index < -0.39 is 0 Å². The second-order valence-electron chi connectivity index (χ2n) is 7.60. The number of hydrogen-bond acceptors (Lipinski definition) is 7. The van der Waals surface area contributed by atoms with Crippen LogP contribution in [0.15, 0.2) is 36.7 Å². The quantitative estimate of drug-likeness (QED) is 0.763. The fourth-order valence-corrected chi connectivity index (χ4v) is 3.69.